The Hall–Kier alpha value is -3.15. The summed E-state index contributed by atoms with van der Waals surface area (Å²) >= 11 is 0. The summed E-state index contributed by atoms with van der Waals surface area (Å²) < 4.78 is 5.38. The smallest absolute Gasteiger partial charge is 0.229 e. The van der Waals surface area contributed by atoms with E-state index in [9.17, 15) is 14.4 Å². The van der Waals surface area contributed by atoms with Gasteiger partial charge >= 0.3 is 0 Å². The van der Waals surface area contributed by atoms with Crippen LogP contribution in [0.3, 0.4) is 0 Å². The molecule has 140 valence electrons. The summed E-state index contributed by atoms with van der Waals surface area (Å²) in [5.74, 6) is 0.0120. The number of nitrogens with one attached hydrogen (secondary N) is 1. The highest BCUT2D eigenvalue weighted by Gasteiger charge is 2.35. The second-order valence-electron chi connectivity index (χ2n) is 6.46. The third-order valence-corrected chi connectivity index (χ3v) is 4.51. The minimum atomic E-state index is -0.420. The lowest BCUT2D eigenvalue weighted by molar-refractivity contribution is -0.122. The lowest BCUT2D eigenvalue weighted by atomic mass is 10.1. The van der Waals surface area contributed by atoms with Gasteiger partial charge in [0.15, 0.2) is 5.78 Å². The van der Waals surface area contributed by atoms with E-state index in [0.717, 1.165) is 5.75 Å². The van der Waals surface area contributed by atoms with Gasteiger partial charge in [0.25, 0.3) is 0 Å². The summed E-state index contributed by atoms with van der Waals surface area (Å²) in [7, 11) is 0. The van der Waals surface area contributed by atoms with Crippen LogP contribution in [0, 0.1) is 5.92 Å². The van der Waals surface area contributed by atoms with E-state index < -0.39 is 5.92 Å². The topological polar surface area (TPSA) is 75.7 Å². The molecule has 0 aromatic heterocycles. The summed E-state index contributed by atoms with van der Waals surface area (Å²) in [4.78, 5) is 37.8. The second-order valence-corrected chi connectivity index (χ2v) is 6.46. The van der Waals surface area contributed by atoms with Crippen LogP contribution in [0.5, 0.6) is 5.75 Å². The number of amides is 2. The van der Waals surface area contributed by atoms with Gasteiger partial charge in [0.05, 0.1) is 12.5 Å². The lowest BCUT2D eigenvalue weighted by Gasteiger charge is -2.17. The fraction of sp³-hybridized carbons (Fsp3) is 0.286. The van der Waals surface area contributed by atoms with Crippen LogP contribution in [0.1, 0.15) is 30.6 Å². The maximum absolute atomic E-state index is 12.5. The molecule has 0 bridgehead atoms. The van der Waals surface area contributed by atoms with Crippen LogP contribution in [0.25, 0.3) is 0 Å². The van der Waals surface area contributed by atoms with E-state index >= 15 is 0 Å². The fourth-order valence-electron chi connectivity index (χ4n) is 3.05. The Morgan fingerprint density at radius 2 is 1.78 bits per heavy atom. The van der Waals surface area contributed by atoms with Gasteiger partial charge in [0, 0.05) is 29.9 Å². The molecule has 1 aliphatic rings. The molecule has 1 N–H and O–H groups in total. The van der Waals surface area contributed by atoms with E-state index in [1.54, 1.807) is 53.4 Å². The van der Waals surface area contributed by atoms with Gasteiger partial charge in [-0.1, -0.05) is 0 Å². The van der Waals surface area contributed by atoms with E-state index in [1.165, 1.54) is 6.92 Å². The highest BCUT2D eigenvalue weighted by atomic mass is 16.5. The molecule has 2 amide bonds. The first-order chi connectivity index (χ1) is 13.0. The van der Waals surface area contributed by atoms with E-state index in [0.29, 0.717) is 30.1 Å². The molecular formula is C21H22N2O4. The molecule has 0 saturated carbocycles. The summed E-state index contributed by atoms with van der Waals surface area (Å²) in [6.45, 7) is 4.31. The predicted molar refractivity (Wildman–Crippen MR) is 103 cm³/mol. The number of ketones is 1. The fourth-order valence-corrected chi connectivity index (χ4v) is 3.05. The van der Waals surface area contributed by atoms with Crippen molar-refractivity contribution in [2.24, 2.45) is 5.92 Å². The van der Waals surface area contributed by atoms with Crippen molar-refractivity contribution in [2.75, 3.05) is 23.4 Å². The lowest BCUT2D eigenvalue weighted by Crippen LogP contribution is -2.28. The van der Waals surface area contributed by atoms with Crippen LogP contribution in [0.2, 0.25) is 0 Å². The molecule has 6 nitrogen and oxygen atoms in total. The average molecular weight is 366 g/mol. The molecule has 0 aliphatic carbocycles. The standard InChI is InChI=1S/C21H22N2O4/c1-3-27-19-10-6-17(7-11-19)22-21(26)16-12-20(25)23(13-16)18-8-4-15(5-9-18)14(2)24/h4-11,16H,3,12-13H2,1-2H3,(H,22,26). The second kappa shape index (κ2) is 8.03. The number of ether oxygens (including phenoxy) is 1. The number of nitrogens with zero attached hydrogens (tertiary/aromatic N) is 1. The summed E-state index contributed by atoms with van der Waals surface area (Å²) in [5, 5.41) is 2.85. The third-order valence-electron chi connectivity index (χ3n) is 4.51. The molecule has 3 rings (SSSR count). The minimum absolute atomic E-state index is 0.0260. The van der Waals surface area contributed by atoms with Crippen LogP contribution in [-0.4, -0.2) is 30.7 Å². The van der Waals surface area contributed by atoms with Gasteiger partial charge in [-0.25, -0.2) is 0 Å². The number of benzene rings is 2. The van der Waals surface area contributed by atoms with Gasteiger partial charge in [-0.15, -0.1) is 0 Å². The molecule has 27 heavy (non-hydrogen) atoms. The van der Waals surface area contributed by atoms with E-state index in [2.05, 4.69) is 5.32 Å². The van der Waals surface area contributed by atoms with Crippen LogP contribution in [-0.2, 0) is 9.59 Å². The minimum Gasteiger partial charge on any atom is -0.494 e. The monoisotopic (exact) mass is 366 g/mol. The molecule has 1 fully saturated rings. The molecule has 1 heterocycles. The van der Waals surface area contributed by atoms with Gasteiger partial charge < -0.3 is 15.0 Å². The number of Topliss-reactive ketones (excluding diaryl/α,β-unsaturated/α-hetero) is 1. The van der Waals surface area contributed by atoms with Crippen molar-refractivity contribution in [1.82, 2.24) is 0 Å². The molecule has 1 atom stereocenters. The first-order valence-electron chi connectivity index (χ1n) is 8.93. The Morgan fingerprint density at radius 1 is 1.11 bits per heavy atom. The molecule has 1 saturated heterocycles. The van der Waals surface area contributed by atoms with Gasteiger partial charge in [-0.3, -0.25) is 14.4 Å². The summed E-state index contributed by atoms with van der Waals surface area (Å²) in [6.07, 6.45) is 0.164. The van der Waals surface area contributed by atoms with Crippen LogP contribution in [0.4, 0.5) is 11.4 Å². The van der Waals surface area contributed by atoms with Crippen molar-refractivity contribution in [3.8, 4) is 5.75 Å². The van der Waals surface area contributed by atoms with E-state index in [1.807, 2.05) is 6.92 Å². The Labute approximate surface area is 158 Å². The van der Waals surface area contributed by atoms with Crippen LogP contribution >= 0.6 is 0 Å². The van der Waals surface area contributed by atoms with Crippen molar-refractivity contribution in [2.45, 2.75) is 20.3 Å². The van der Waals surface area contributed by atoms with Gasteiger partial charge in [-0.2, -0.15) is 0 Å². The van der Waals surface area contributed by atoms with Crippen molar-refractivity contribution in [3.63, 3.8) is 0 Å². The summed E-state index contributed by atoms with van der Waals surface area (Å²) in [5.41, 5.74) is 1.96. The largest absolute Gasteiger partial charge is 0.494 e. The zero-order chi connectivity index (χ0) is 19.4. The molecule has 0 radical (unpaired) electrons. The normalized spacial score (nSPS) is 16.3. The highest BCUT2D eigenvalue weighted by Crippen LogP contribution is 2.26. The number of hydrogen-bond acceptors (Lipinski definition) is 4. The first kappa shape index (κ1) is 18.6. The van der Waals surface area contributed by atoms with Crippen LogP contribution < -0.4 is 15.0 Å². The highest BCUT2D eigenvalue weighted by molar-refractivity contribution is 6.03. The summed E-state index contributed by atoms with van der Waals surface area (Å²) in [6, 6.07) is 14.0. The quantitative estimate of drug-likeness (QED) is 0.796. The predicted octanol–water partition coefficient (Wildman–Crippen LogP) is 3.28. The average Bonchev–Trinajstić information content (AvgIpc) is 3.05. The Balaban J connectivity index is 1.63. The first-order valence-corrected chi connectivity index (χ1v) is 8.93. The number of hydrogen-bond donors (Lipinski definition) is 1. The number of carbonyl (C=O) groups excluding carboxylic acids is 3. The van der Waals surface area contributed by atoms with Crippen molar-refractivity contribution >= 4 is 29.0 Å². The molecule has 2 aromatic rings. The molecule has 6 heteroatoms. The zero-order valence-corrected chi connectivity index (χ0v) is 15.4. The Kier molecular flexibility index (Phi) is 5.54. The number of carbonyl (C=O) groups is 3. The molecule has 1 unspecified atom stereocenters. The van der Waals surface area contributed by atoms with E-state index in [-0.39, 0.29) is 24.0 Å². The number of anilines is 2. The Bertz CT molecular complexity index is 843. The van der Waals surface area contributed by atoms with Crippen molar-refractivity contribution in [3.05, 3.63) is 54.1 Å². The molecule has 1 aliphatic heterocycles. The SMILES string of the molecule is CCOc1ccc(NC(=O)C2CC(=O)N(c3ccc(C(C)=O)cc3)C2)cc1. The van der Waals surface area contributed by atoms with Gasteiger partial charge in [0.1, 0.15) is 5.75 Å². The third kappa shape index (κ3) is 4.34. The van der Waals surface area contributed by atoms with Gasteiger partial charge in [0.2, 0.25) is 11.8 Å². The van der Waals surface area contributed by atoms with Crippen LogP contribution in [0.15, 0.2) is 48.5 Å². The van der Waals surface area contributed by atoms with Crippen molar-refractivity contribution in [1.29, 1.82) is 0 Å². The number of rotatable bonds is 6. The zero-order valence-electron chi connectivity index (χ0n) is 15.4. The molecular weight excluding hydrogens is 344 g/mol. The van der Waals surface area contributed by atoms with Crippen molar-refractivity contribution < 1.29 is 19.1 Å². The molecule has 0 spiro atoms. The maximum atomic E-state index is 12.5. The van der Waals surface area contributed by atoms with Gasteiger partial charge in [-0.05, 0) is 62.4 Å². The maximum Gasteiger partial charge on any atom is 0.229 e. The Morgan fingerprint density at radius 3 is 2.37 bits per heavy atom. The van der Waals surface area contributed by atoms with E-state index in [4.69, 9.17) is 4.74 Å². The molecule has 2 aromatic carbocycles.